The topological polar surface area (TPSA) is 51.7 Å². The first kappa shape index (κ1) is 18.5. The highest BCUT2D eigenvalue weighted by Gasteiger charge is 2.25. The number of thiazole rings is 1. The maximum atomic E-state index is 14.2. The molecule has 2 heterocycles. The number of benzene rings is 3. The highest BCUT2D eigenvalue weighted by molar-refractivity contribution is 7.22. The molecule has 5 nitrogen and oxygen atoms in total. The van der Waals surface area contributed by atoms with E-state index in [0.29, 0.717) is 21.8 Å². The second-order valence-electron chi connectivity index (χ2n) is 6.68. The Bertz CT molecular complexity index is 1260. The van der Waals surface area contributed by atoms with Crippen LogP contribution in [0, 0.1) is 11.6 Å². The number of fused-ring (bicyclic) bond motifs is 2. The summed E-state index contributed by atoms with van der Waals surface area (Å²) >= 11 is 1.06. The molecule has 0 unspecified atom stereocenters. The van der Waals surface area contributed by atoms with Crippen molar-refractivity contribution in [2.24, 2.45) is 0 Å². The Morgan fingerprint density at radius 1 is 1.03 bits per heavy atom. The summed E-state index contributed by atoms with van der Waals surface area (Å²) in [6.07, 6.45) is 0. The van der Waals surface area contributed by atoms with Crippen LogP contribution in [-0.2, 0) is 6.54 Å². The highest BCUT2D eigenvalue weighted by atomic mass is 32.1. The van der Waals surface area contributed by atoms with Crippen LogP contribution in [0.5, 0.6) is 11.5 Å². The smallest absolute Gasteiger partial charge is 0.260 e. The van der Waals surface area contributed by atoms with Crippen molar-refractivity contribution >= 4 is 32.6 Å². The summed E-state index contributed by atoms with van der Waals surface area (Å²) < 4.78 is 38.8. The van der Waals surface area contributed by atoms with E-state index >= 15 is 0 Å². The van der Waals surface area contributed by atoms with E-state index < -0.39 is 11.6 Å². The first-order chi connectivity index (χ1) is 14.6. The summed E-state index contributed by atoms with van der Waals surface area (Å²) in [7, 11) is 0. The van der Waals surface area contributed by atoms with Crippen LogP contribution < -0.4 is 14.4 Å². The van der Waals surface area contributed by atoms with E-state index in [1.807, 2.05) is 30.3 Å². The third-order valence-corrected chi connectivity index (χ3v) is 5.71. The van der Waals surface area contributed by atoms with Crippen LogP contribution in [0.1, 0.15) is 15.9 Å². The number of amides is 1. The molecule has 30 heavy (non-hydrogen) atoms. The van der Waals surface area contributed by atoms with Gasteiger partial charge in [-0.25, -0.2) is 13.8 Å². The molecule has 8 heteroatoms. The van der Waals surface area contributed by atoms with Crippen molar-refractivity contribution < 1.29 is 23.0 Å². The van der Waals surface area contributed by atoms with E-state index in [1.165, 1.54) is 11.0 Å². The lowest BCUT2D eigenvalue weighted by atomic mass is 10.1. The number of carbonyl (C=O) groups excluding carboxylic acids is 1. The van der Waals surface area contributed by atoms with Crippen molar-refractivity contribution in [2.45, 2.75) is 6.54 Å². The van der Waals surface area contributed by atoms with Crippen LogP contribution in [0.4, 0.5) is 13.9 Å². The van der Waals surface area contributed by atoms with Gasteiger partial charge in [-0.05, 0) is 29.8 Å². The fourth-order valence-electron chi connectivity index (χ4n) is 3.24. The molecule has 0 aliphatic carbocycles. The summed E-state index contributed by atoms with van der Waals surface area (Å²) in [5, 5.41) is 0.279. The molecule has 0 N–H and O–H groups in total. The van der Waals surface area contributed by atoms with Gasteiger partial charge in [-0.15, -0.1) is 0 Å². The normalized spacial score (nSPS) is 12.3. The number of carbonyl (C=O) groups is 1. The molecular weight excluding hydrogens is 410 g/mol. The van der Waals surface area contributed by atoms with Crippen molar-refractivity contribution in [3.63, 3.8) is 0 Å². The zero-order valence-electron chi connectivity index (χ0n) is 15.5. The number of anilines is 1. The monoisotopic (exact) mass is 424 g/mol. The van der Waals surface area contributed by atoms with Crippen LogP contribution in [0.15, 0.2) is 60.7 Å². The Hall–Kier alpha value is -3.52. The second kappa shape index (κ2) is 7.38. The molecule has 0 spiro atoms. The van der Waals surface area contributed by atoms with Gasteiger partial charge in [0.1, 0.15) is 11.3 Å². The molecule has 0 saturated heterocycles. The fraction of sp³-hybridized carbons (Fsp3) is 0.0909. The maximum absolute atomic E-state index is 14.2. The molecule has 0 bridgehead atoms. The minimum absolute atomic E-state index is 0.0351. The molecule has 3 aromatic carbocycles. The second-order valence-corrected chi connectivity index (χ2v) is 7.68. The summed E-state index contributed by atoms with van der Waals surface area (Å²) in [6, 6.07) is 16.3. The number of halogens is 2. The third kappa shape index (κ3) is 3.35. The number of hydrogen-bond donors (Lipinski definition) is 0. The van der Waals surface area contributed by atoms with Crippen molar-refractivity contribution in [3.05, 3.63) is 83.4 Å². The Kier molecular flexibility index (Phi) is 4.55. The summed E-state index contributed by atoms with van der Waals surface area (Å²) in [4.78, 5) is 19.2. The van der Waals surface area contributed by atoms with Crippen LogP contribution in [0.25, 0.3) is 10.2 Å². The Labute approximate surface area is 174 Å². The van der Waals surface area contributed by atoms with Crippen molar-refractivity contribution in [1.29, 1.82) is 0 Å². The van der Waals surface area contributed by atoms with Gasteiger partial charge in [0.05, 0.1) is 11.2 Å². The van der Waals surface area contributed by atoms with Gasteiger partial charge in [-0.3, -0.25) is 9.69 Å². The Morgan fingerprint density at radius 2 is 1.83 bits per heavy atom. The van der Waals surface area contributed by atoms with E-state index in [1.54, 1.807) is 18.2 Å². The zero-order valence-corrected chi connectivity index (χ0v) is 16.3. The van der Waals surface area contributed by atoms with E-state index in [0.717, 1.165) is 23.0 Å². The summed E-state index contributed by atoms with van der Waals surface area (Å²) in [6.45, 7) is 0.321. The quantitative estimate of drug-likeness (QED) is 0.455. The lowest BCUT2D eigenvalue weighted by molar-refractivity contribution is 0.0984. The van der Waals surface area contributed by atoms with Crippen molar-refractivity contribution in [2.75, 3.05) is 11.7 Å². The van der Waals surface area contributed by atoms with Gasteiger partial charge in [0.2, 0.25) is 6.79 Å². The van der Waals surface area contributed by atoms with E-state index in [2.05, 4.69) is 4.98 Å². The van der Waals surface area contributed by atoms with Gasteiger partial charge in [0.25, 0.3) is 5.91 Å². The van der Waals surface area contributed by atoms with Crippen LogP contribution in [0.3, 0.4) is 0 Å². The number of hydrogen-bond acceptors (Lipinski definition) is 5. The summed E-state index contributed by atoms with van der Waals surface area (Å²) in [5.41, 5.74) is 1.28. The van der Waals surface area contributed by atoms with Gasteiger partial charge < -0.3 is 9.47 Å². The van der Waals surface area contributed by atoms with Gasteiger partial charge in [-0.2, -0.15) is 0 Å². The molecule has 1 amide bonds. The van der Waals surface area contributed by atoms with Gasteiger partial charge >= 0.3 is 0 Å². The predicted octanol–water partition coefficient (Wildman–Crippen LogP) is 5.15. The highest BCUT2D eigenvalue weighted by Crippen LogP contribution is 2.35. The average molecular weight is 424 g/mol. The molecule has 150 valence electrons. The largest absolute Gasteiger partial charge is 0.454 e. The van der Waals surface area contributed by atoms with Crippen LogP contribution in [-0.4, -0.2) is 17.7 Å². The van der Waals surface area contributed by atoms with Crippen LogP contribution >= 0.6 is 11.3 Å². The molecule has 0 atom stereocenters. The van der Waals surface area contributed by atoms with Gasteiger partial charge in [0, 0.05) is 11.6 Å². The molecule has 5 rings (SSSR count). The number of ether oxygens (including phenoxy) is 2. The Balaban J connectivity index is 1.58. The molecule has 1 aromatic heterocycles. The number of rotatable bonds is 4. The molecule has 0 fully saturated rings. The van der Waals surface area contributed by atoms with E-state index in [4.69, 9.17) is 9.47 Å². The molecule has 4 aromatic rings. The average Bonchev–Trinajstić information content (AvgIpc) is 3.38. The van der Waals surface area contributed by atoms with Crippen molar-refractivity contribution in [1.82, 2.24) is 4.98 Å². The fourth-order valence-corrected chi connectivity index (χ4v) is 4.24. The zero-order chi connectivity index (χ0) is 20.7. The standard InChI is InChI=1S/C22H14F2N2O3S/c23-15-9-16(24)20-19(10-15)30-22(25-20)26(11-13-4-2-1-3-5-13)21(27)14-6-7-17-18(8-14)29-12-28-17/h1-10H,11-12H2. The maximum Gasteiger partial charge on any atom is 0.260 e. The molecule has 1 aliphatic rings. The minimum atomic E-state index is -0.761. The number of aromatic nitrogens is 1. The SMILES string of the molecule is O=C(c1ccc2c(c1)OCO2)N(Cc1ccccc1)c1nc2c(F)cc(F)cc2s1. The first-order valence-corrected chi connectivity index (χ1v) is 9.91. The predicted molar refractivity (Wildman–Crippen MR) is 109 cm³/mol. The van der Waals surface area contributed by atoms with Crippen molar-refractivity contribution in [3.8, 4) is 11.5 Å². The van der Waals surface area contributed by atoms with E-state index in [-0.39, 0.29) is 29.9 Å². The third-order valence-electron chi connectivity index (χ3n) is 4.68. The first-order valence-electron chi connectivity index (χ1n) is 9.09. The van der Waals surface area contributed by atoms with E-state index in [9.17, 15) is 13.6 Å². The molecule has 0 radical (unpaired) electrons. The number of nitrogens with zero attached hydrogens (tertiary/aromatic N) is 2. The van der Waals surface area contributed by atoms with Gasteiger partial charge in [0.15, 0.2) is 22.4 Å². The van der Waals surface area contributed by atoms with Gasteiger partial charge in [-0.1, -0.05) is 41.7 Å². The molecule has 1 aliphatic heterocycles. The Morgan fingerprint density at radius 3 is 2.67 bits per heavy atom. The molecule has 0 saturated carbocycles. The minimum Gasteiger partial charge on any atom is -0.454 e. The van der Waals surface area contributed by atoms with Crippen LogP contribution in [0.2, 0.25) is 0 Å². The molecular formula is C22H14F2N2O3S. The summed E-state index contributed by atoms with van der Waals surface area (Å²) in [5.74, 6) is -0.733. The lowest BCUT2D eigenvalue weighted by Crippen LogP contribution is -2.30. The lowest BCUT2D eigenvalue weighted by Gasteiger charge is -2.20.